The summed E-state index contributed by atoms with van der Waals surface area (Å²) >= 11 is -1.43. The standard InChI is InChI=1S/C32H41AsN6O5/c1-5-23-9-7-8-10-27(23)38(6-2)31(41)37-21-26-28(22-37)39(32(42)44-20-19-43-4)34-29(26)33-30(40)24-11-13-25(14-12-24)36-17-15-35(3)16-18-36/h7-14,33H,5-6,15-22H2,1-4H3. The van der Waals surface area contributed by atoms with Crippen LogP contribution in [0.25, 0.3) is 0 Å². The molecule has 0 saturated carbocycles. The van der Waals surface area contributed by atoms with Gasteiger partial charge in [-0.05, 0) is 0 Å². The molecule has 11 nitrogen and oxygen atoms in total. The van der Waals surface area contributed by atoms with Gasteiger partial charge in [0, 0.05) is 0 Å². The van der Waals surface area contributed by atoms with Crippen LogP contribution in [0, 0.1) is 0 Å². The predicted octanol–water partition coefficient (Wildman–Crippen LogP) is 2.69. The molecule has 1 atom stereocenters. The summed E-state index contributed by atoms with van der Waals surface area (Å²) in [6, 6.07) is 15.5. The van der Waals surface area contributed by atoms with Crippen molar-refractivity contribution in [3.8, 4) is 0 Å². The molecule has 1 fully saturated rings. The third-order valence-electron chi connectivity index (χ3n) is 8.18. The molecule has 3 aromatic rings. The summed E-state index contributed by atoms with van der Waals surface area (Å²) in [6.45, 7) is 9.26. The van der Waals surface area contributed by atoms with E-state index in [1.54, 1.807) is 9.80 Å². The second-order valence-electron chi connectivity index (χ2n) is 10.9. The number of rotatable bonds is 10. The molecule has 0 aliphatic carbocycles. The van der Waals surface area contributed by atoms with E-state index in [4.69, 9.17) is 9.47 Å². The molecule has 1 saturated heterocycles. The predicted molar refractivity (Wildman–Crippen MR) is 172 cm³/mol. The summed E-state index contributed by atoms with van der Waals surface area (Å²) in [4.78, 5) is 48.6. The van der Waals surface area contributed by atoms with Crippen LogP contribution in [-0.4, -0.2) is 112 Å². The second-order valence-corrected chi connectivity index (χ2v) is 13.4. The molecular weight excluding hydrogens is 623 g/mol. The molecule has 2 amide bonds. The molecule has 5 rings (SSSR count). The Bertz CT molecular complexity index is 1480. The topological polar surface area (TPSA) is 100 Å². The number of urea groups is 1. The van der Waals surface area contributed by atoms with E-state index in [1.165, 1.54) is 11.8 Å². The molecule has 0 radical (unpaired) electrons. The third kappa shape index (κ3) is 6.85. The number of amides is 2. The molecule has 234 valence electrons. The van der Waals surface area contributed by atoms with Gasteiger partial charge in [0.2, 0.25) is 0 Å². The van der Waals surface area contributed by atoms with Gasteiger partial charge < -0.3 is 0 Å². The molecule has 2 aliphatic rings. The van der Waals surface area contributed by atoms with E-state index in [1.807, 2.05) is 55.5 Å². The first-order chi connectivity index (χ1) is 21.3. The minimum atomic E-state index is -1.43. The summed E-state index contributed by atoms with van der Waals surface area (Å²) in [5.41, 5.74) is 5.07. The quantitative estimate of drug-likeness (QED) is 0.241. The third-order valence-corrected chi connectivity index (χ3v) is 10.6. The number of piperazine rings is 1. The Hall–Kier alpha value is -3.66. The summed E-state index contributed by atoms with van der Waals surface area (Å²) in [5, 5.41) is 4.59. The number of carbonyl (C=O) groups is 3. The number of hydrogen-bond donors (Lipinski definition) is 0. The summed E-state index contributed by atoms with van der Waals surface area (Å²) in [6.07, 6.45) is 0.161. The van der Waals surface area contributed by atoms with E-state index < -0.39 is 21.8 Å². The van der Waals surface area contributed by atoms with Crippen molar-refractivity contribution in [1.29, 1.82) is 0 Å². The Morgan fingerprint density at radius 2 is 1.68 bits per heavy atom. The SMILES string of the molecule is CCc1ccccc1N(CC)C(=O)N1Cc2c([AsH]C(=O)c3ccc(N4CCN(C)CC4)cc3)nn(C(=O)OCCOC)c2C1. The fourth-order valence-electron chi connectivity index (χ4n) is 5.62. The first kappa shape index (κ1) is 31.8. The van der Waals surface area contributed by atoms with Crippen LogP contribution in [0.4, 0.5) is 21.0 Å². The van der Waals surface area contributed by atoms with Gasteiger partial charge in [-0.15, -0.1) is 0 Å². The Morgan fingerprint density at radius 3 is 2.36 bits per heavy atom. The fourth-order valence-corrected chi connectivity index (χ4v) is 7.83. The number of anilines is 2. The molecule has 1 aromatic heterocycles. The van der Waals surface area contributed by atoms with Gasteiger partial charge in [0.05, 0.1) is 0 Å². The molecule has 3 heterocycles. The average Bonchev–Trinajstić information content (AvgIpc) is 3.62. The van der Waals surface area contributed by atoms with Gasteiger partial charge in [-0.25, -0.2) is 0 Å². The Kier molecular flexibility index (Phi) is 10.4. The van der Waals surface area contributed by atoms with Gasteiger partial charge in [0.25, 0.3) is 0 Å². The number of carbonyl (C=O) groups excluding carboxylic acids is 3. The zero-order valence-corrected chi connectivity index (χ0v) is 28.0. The Morgan fingerprint density at radius 1 is 0.955 bits per heavy atom. The molecule has 12 heteroatoms. The summed E-state index contributed by atoms with van der Waals surface area (Å²) in [7, 11) is 3.66. The number of likely N-dealkylation sites (N-methyl/N-ethyl adjacent to an activating group) is 1. The van der Waals surface area contributed by atoms with Gasteiger partial charge in [-0.1, -0.05) is 0 Å². The van der Waals surface area contributed by atoms with Gasteiger partial charge in [0.15, 0.2) is 0 Å². The van der Waals surface area contributed by atoms with E-state index in [9.17, 15) is 14.4 Å². The molecule has 2 aromatic carbocycles. The molecule has 0 spiro atoms. The molecule has 0 bridgehead atoms. The van der Waals surface area contributed by atoms with Crippen molar-refractivity contribution < 1.29 is 23.9 Å². The number of benzene rings is 2. The molecular formula is C32H41AsN6O5. The number of ether oxygens (including phenoxy) is 2. The summed E-state index contributed by atoms with van der Waals surface area (Å²) < 4.78 is 12.3. The van der Waals surface area contributed by atoms with Crippen LogP contribution < -0.4 is 14.3 Å². The zero-order chi connectivity index (χ0) is 31.2. The normalized spacial score (nSPS) is 15.2. The Labute approximate surface area is 265 Å². The van der Waals surface area contributed by atoms with Gasteiger partial charge in [-0.2, -0.15) is 0 Å². The van der Waals surface area contributed by atoms with Crippen LogP contribution in [0.1, 0.15) is 41.0 Å². The van der Waals surface area contributed by atoms with Crippen LogP contribution in [0.2, 0.25) is 0 Å². The van der Waals surface area contributed by atoms with Crippen molar-refractivity contribution in [1.82, 2.24) is 19.6 Å². The zero-order valence-electron chi connectivity index (χ0n) is 25.9. The number of methoxy groups -OCH3 is 1. The Balaban J connectivity index is 1.36. The summed E-state index contributed by atoms with van der Waals surface area (Å²) in [5.74, 6) is 0. The maximum absolute atomic E-state index is 13.9. The van der Waals surface area contributed by atoms with Crippen molar-refractivity contribution in [3.63, 3.8) is 0 Å². The van der Waals surface area contributed by atoms with E-state index in [-0.39, 0.29) is 36.9 Å². The monoisotopic (exact) mass is 664 g/mol. The number of aromatic nitrogens is 2. The number of fused-ring (bicyclic) bond motifs is 1. The molecule has 2 aliphatic heterocycles. The van der Waals surface area contributed by atoms with Crippen LogP contribution in [0.15, 0.2) is 48.5 Å². The first-order valence-corrected chi connectivity index (χ1v) is 17.2. The maximum atomic E-state index is 13.9. The first-order valence-electron chi connectivity index (χ1n) is 15.1. The van der Waals surface area contributed by atoms with Crippen molar-refractivity contribution >= 4 is 48.3 Å². The van der Waals surface area contributed by atoms with Crippen molar-refractivity contribution in [2.75, 3.05) is 69.9 Å². The van der Waals surface area contributed by atoms with E-state index in [0.717, 1.165) is 55.1 Å². The van der Waals surface area contributed by atoms with E-state index >= 15 is 0 Å². The van der Waals surface area contributed by atoms with Gasteiger partial charge in [0.1, 0.15) is 0 Å². The average molecular weight is 665 g/mol. The number of nitrogens with zero attached hydrogens (tertiary/aromatic N) is 6. The van der Waals surface area contributed by atoms with Crippen molar-refractivity contribution in [2.24, 2.45) is 0 Å². The van der Waals surface area contributed by atoms with Crippen LogP contribution in [-0.2, 0) is 29.0 Å². The molecule has 44 heavy (non-hydrogen) atoms. The number of aryl methyl sites for hydroxylation is 1. The minimum absolute atomic E-state index is 0.0203. The van der Waals surface area contributed by atoms with E-state index in [0.29, 0.717) is 22.3 Å². The van der Waals surface area contributed by atoms with Crippen LogP contribution in [0.5, 0.6) is 0 Å². The van der Waals surface area contributed by atoms with Crippen molar-refractivity contribution in [2.45, 2.75) is 33.4 Å². The van der Waals surface area contributed by atoms with Crippen LogP contribution >= 0.6 is 0 Å². The van der Waals surface area contributed by atoms with Gasteiger partial charge >= 0.3 is 266 Å². The van der Waals surface area contributed by atoms with Crippen molar-refractivity contribution in [3.05, 3.63) is 70.9 Å². The fraction of sp³-hybridized carbons (Fsp3) is 0.438. The number of para-hydroxylation sites is 1. The van der Waals surface area contributed by atoms with E-state index in [2.05, 4.69) is 28.9 Å². The molecule has 1 unspecified atom stereocenters. The second kappa shape index (κ2) is 14.4. The molecule has 0 N–H and O–H groups in total. The van der Waals surface area contributed by atoms with Gasteiger partial charge in [-0.3, -0.25) is 0 Å². The van der Waals surface area contributed by atoms with Crippen LogP contribution in [0.3, 0.4) is 0 Å². The number of hydrogen-bond acceptors (Lipinski definition) is 8.